The molecule has 0 amide bonds. The van der Waals surface area contributed by atoms with Crippen LogP contribution in [0, 0.1) is 17.8 Å². The molecule has 0 aromatic heterocycles. The van der Waals surface area contributed by atoms with E-state index in [4.69, 9.17) is 9.47 Å². The maximum absolute atomic E-state index is 5.54. The normalized spacial score (nSPS) is 35.6. The lowest BCUT2D eigenvalue weighted by Crippen LogP contribution is -2.97. The number of quaternary nitrogens is 1. The van der Waals surface area contributed by atoms with Crippen molar-refractivity contribution in [3.63, 3.8) is 0 Å². The van der Waals surface area contributed by atoms with Crippen LogP contribution in [0.25, 0.3) is 0 Å². The largest absolute Gasteiger partial charge is 0.497 e. The predicted molar refractivity (Wildman–Crippen MR) is 86.1 cm³/mol. The number of hydrogen-bond acceptors (Lipinski definition) is 2. The molecule has 5 rings (SSSR count). The van der Waals surface area contributed by atoms with Crippen molar-refractivity contribution >= 4 is 0 Å². The van der Waals surface area contributed by atoms with Crippen molar-refractivity contribution < 1.29 is 14.8 Å². The van der Waals surface area contributed by atoms with Crippen LogP contribution in [0.3, 0.4) is 0 Å². The number of benzene rings is 1. The van der Waals surface area contributed by atoms with Crippen molar-refractivity contribution in [2.75, 3.05) is 14.2 Å². The third-order valence-electron chi connectivity index (χ3n) is 6.33. The van der Waals surface area contributed by atoms with Crippen LogP contribution in [0.4, 0.5) is 0 Å². The van der Waals surface area contributed by atoms with E-state index in [1.165, 1.54) is 44.1 Å². The summed E-state index contributed by atoms with van der Waals surface area (Å²) in [5, 5.41) is 2.63. The van der Waals surface area contributed by atoms with Gasteiger partial charge in [0.2, 0.25) is 0 Å². The minimum absolute atomic E-state index is 0.517. The lowest BCUT2D eigenvalue weighted by Gasteiger charge is -2.54. The van der Waals surface area contributed by atoms with Crippen LogP contribution in [0.15, 0.2) is 18.2 Å². The Hall–Kier alpha value is -1.22. The fraction of sp³-hybridized carbons (Fsp3) is 0.684. The van der Waals surface area contributed by atoms with E-state index in [9.17, 15) is 0 Å². The lowest BCUT2D eigenvalue weighted by atomic mass is 9.53. The lowest BCUT2D eigenvalue weighted by molar-refractivity contribution is -0.752. The summed E-state index contributed by atoms with van der Waals surface area (Å²) in [7, 11) is 3.49. The molecular formula is C19H28NO2+. The molecule has 0 heterocycles. The molecule has 4 aliphatic carbocycles. The van der Waals surface area contributed by atoms with Gasteiger partial charge in [-0.3, -0.25) is 0 Å². The third kappa shape index (κ3) is 2.50. The molecule has 0 spiro atoms. The fourth-order valence-electron chi connectivity index (χ4n) is 5.80. The van der Waals surface area contributed by atoms with E-state index in [0.29, 0.717) is 5.54 Å². The summed E-state index contributed by atoms with van der Waals surface area (Å²) in [6.45, 7) is 1.01. The molecule has 4 fully saturated rings. The number of nitrogens with two attached hydrogens (primary N) is 1. The van der Waals surface area contributed by atoms with Gasteiger partial charge in [0, 0.05) is 19.3 Å². The molecule has 1 aromatic rings. The molecule has 4 saturated carbocycles. The van der Waals surface area contributed by atoms with E-state index >= 15 is 0 Å². The second kappa shape index (κ2) is 5.45. The molecule has 22 heavy (non-hydrogen) atoms. The zero-order chi connectivity index (χ0) is 15.2. The highest BCUT2D eigenvalue weighted by molar-refractivity contribution is 5.39. The van der Waals surface area contributed by atoms with Crippen molar-refractivity contribution in [2.45, 2.75) is 50.6 Å². The van der Waals surface area contributed by atoms with Gasteiger partial charge < -0.3 is 14.8 Å². The Balaban J connectivity index is 1.51. The molecule has 1 aromatic carbocycles. The summed E-state index contributed by atoms with van der Waals surface area (Å²) in [4.78, 5) is 0. The molecule has 120 valence electrons. The highest BCUT2D eigenvalue weighted by Crippen LogP contribution is 2.54. The minimum atomic E-state index is 0.517. The molecule has 0 radical (unpaired) electrons. The van der Waals surface area contributed by atoms with Crippen LogP contribution in [0.1, 0.15) is 44.1 Å². The van der Waals surface area contributed by atoms with Gasteiger partial charge in [0.15, 0.2) is 0 Å². The van der Waals surface area contributed by atoms with Gasteiger partial charge in [-0.15, -0.1) is 0 Å². The van der Waals surface area contributed by atoms with Gasteiger partial charge in [-0.2, -0.15) is 0 Å². The second-order valence-corrected chi connectivity index (χ2v) is 7.87. The SMILES string of the molecule is COc1ccc(OC)c(C[NH2+]C23CC4CC(CC(C4)C2)C3)c1. The summed E-state index contributed by atoms with van der Waals surface area (Å²) in [6, 6.07) is 6.14. The summed E-state index contributed by atoms with van der Waals surface area (Å²) in [6.07, 6.45) is 8.84. The standard InChI is InChI=1S/C19H27NO2/c1-21-17-3-4-18(22-2)16(8-17)12-20-19-9-13-5-14(10-19)7-15(6-13)11-19/h3-4,8,13-15,20H,5-7,9-12H2,1-2H3/p+1. The highest BCUT2D eigenvalue weighted by Gasteiger charge is 2.53. The molecule has 4 aliphatic rings. The number of rotatable bonds is 5. The zero-order valence-corrected chi connectivity index (χ0v) is 13.8. The van der Waals surface area contributed by atoms with E-state index in [2.05, 4.69) is 11.4 Å². The van der Waals surface area contributed by atoms with E-state index < -0.39 is 0 Å². The maximum Gasteiger partial charge on any atom is 0.127 e. The zero-order valence-electron chi connectivity index (χ0n) is 13.8. The van der Waals surface area contributed by atoms with Gasteiger partial charge in [0.05, 0.1) is 25.3 Å². The van der Waals surface area contributed by atoms with Crippen LogP contribution in [-0.4, -0.2) is 19.8 Å². The van der Waals surface area contributed by atoms with Crippen LogP contribution < -0.4 is 14.8 Å². The molecular weight excluding hydrogens is 274 g/mol. The predicted octanol–water partition coefficient (Wildman–Crippen LogP) is 2.74. The van der Waals surface area contributed by atoms with Gasteiger partial charge in [-0.05, 0) is 55.2 Å². The molecule has 3 nitrogen and oxygen atoms in total. The molecule has 0 unspecified atom stereocenters. The molecule has 0 atom stereocenters. The Labute approximate surface area is 133 Å². The van der Waals surface area contributed by atoms with Crippen molar-refractivity contribution in [3.05, 3.63) is 23.8 Å². The molecule has 3 heteroatoms. The maximum atomic E-state index is 5.54. The first-order valence-corrected chi connectivity index (χ1v) is 8.75. The number of methoxy groups -OCH3 is 2. The summed E-state index contributed by atoms with van der Waals surface area (Å²) >= 11 is 0. The van der Waals surface area contributed by atoms with Crippen LogP contribution >= 0.6 is 0 Å². The summed E-state index contributed by atoms with van der Waals surface area (Å²) in [5.41, 5.74) is 1.78. The highest BCUT2D eigenvalue weighted by atomic mass is 16.5. The molecule has 2 N–H and O–H groups in total. The number of hydrogen-bond donors (Lipinski definition) is 1. The van der Waals surface area contributed by atoms with Gasteiger partial charge in [-0.25, -0.2) is 0 Å². The van der Waals surface area contributed by atoms with Crippen LogP contribution in [-0.2, 0) is 6.54 Å². The average molecular weight is 302 g/mol. The minimum Gasteiger partial charge on any atom is -0.497 e. The smallest absolute Gasteiger partial charge is 0.127 e. The van der Waals surface area contributed by atoms with E-state index in [0.717, 1.165) is 35.8 Å². The number of ether oxygens (including phenoxy) is 2. The van der Waals surface area contributed by atoms with Crippen molar-refractivity contribution in [2.24, 2.45) is 17.8 Å². The van der Waals surface area contributed by atoms with E-state index in [1.807, 2.05) is 12.1 Å². The Morgan fingerprint density at radius 3 is 2.18 bits per heavy atom. The topological polar surface area (TPSA) is 35.1 Å². The van der Waals surface area contributed by atoms with Gasteiger partial charge in [0.25, 0.3) is 0 Å². The van der Waals surface area contributed by atoms with E-state index in [-0.39, 0.29) is 0 Å². The Kier molecular flexibility index (Phi) is 3.56. The van der Waals surface area contributed by atoms with E-state index in [1.54, 1.807) is 14.2 Å². The van der Waals surface area contributed by atoms with Crippen molar-refractivity contribution in [1.82, 2.24) is 0 Å². The Morgan fingerprint density at radius 2 is 1.64 bits per heavy atom. The van der Waals surface area contributed by atoms with Crippen LogP contribution in [0.5, 0.6) is 11.5 Å². The fourth-order valence-corrected chi connectivity index (χ4v) is 5.80. The summed E-state index contributed by atoms with van der Waals surface area (Å²) < 4.78 is 10.9. The second-order valence-electron chi connectivity index (χ2n) is 7.87. The summed E-state index contributed by atoms with van der Waals surface area (Å²) in [5.74, 6) is 4.94. The quantitative estimate of drug-likeness (QED) is 0.907. The van der Waals surface area contributed by atoms with Crippen molar-refractivity contribution in [3.8, 4) is 11.5 Å². The first kappa shape index (κ1) is 14.4. The first-order chi connectivity index (χ1) is 10.7. The van der Waals surface area contributed by atoms with Gasteiger partial charge in [-0.1, -0.05) is 0 Å². The Morgan fingerprint density at radius 1 is 1.00 bits per heavy atom. The molecule has 0 saturated heterocycles. The molecule has 0 aliphatic heterocycles. The Bertz CT molecular complexity index is 519. The third-order valence-corrected chi connectivity index (χ3v) is 6.33. The van der Waals surface area contributed by atoms with Crippen LogP contribution in [0.2, 0.25) is 0 Å². The first-order valence-electron chi connectivity index (χ1n) is 8.75. The van der Waals surface area contributed by atoms with Gasteiger partial charge in [0.1, 0.15) is 18.0 Å². The molecule has 4 bridgehead atoms. The average Bonchev–Trinajstić information content (AvgIpc) is 2.51. The van der Waals surface area contributed by atoms with Gasteiger partial charge >= 0.3 is 0 Å². The van der Waals surface area contributed by atoms with Crippen molar-refractivity contribution in [1.29, 1.82) is 0 Å². The monoisotopic (exact) mass is 302 g/mol.